The highest BCUT2D eigenvalue weighted by molar-refractivity contribution is 6.74. The molecule has 3 nitrogen and oxygen atoms in total. The smallest absolute Gasteiger partial charge is 0.192 e. The number of hydrogen-bond donors (Lipinski definition) is 1. The molecule has 0 aromatic heterocycles. The largest absolute Gasteiger partial charge is 0.410 e. The number of unbranched alkanes of at least 4 members (excludes halogenated alkanes) is 2. The van der Waals surface area contributed by atoms with Crippen molar-refractivity contribution < 1.29 is 9.53 Å². The van der Waals surface area contributed by atoms with E-state index < -0.39 is 13.9 Å². The van der Waals surface area contributed by atoms with Crippen molar-refractivity contribution in [1.29, 1.82) is 0 Å². The summed E-state index contributed by atoms with van der Waals surface area (Å²) in [5, 5.41) is 12.2. The predicted octanol–water partition coefficient (Wildman–Crippen LogP) is 6.92. The van der Waals surface area contributed by atoms with Crippen LogP contribution in [0.25, 0.3) is 0 Å². The van der Waals surface area contributed by atoms with E-state index in [1.54, 1.807) is 0 Å². The summed E-state index contributed by atoms with van der Waals surface area (Å²) in [4.78, 5) is 2.78. The van der Waals surface area contributed by atoms with Crippen LogP contribution in [0.4, 0.5) is 0 Å². The molecular weight excluding hydrogens is 398 g/mol. The molecule has 0 bridgehead atoms. The van der Waals surface area contributed by atoms with Crippen LogP contribution in [-0.2, 0) is 4.43 Å². The average Bonchev–Trinajstić information content (AvgIpc) is 2.93. The van der Waals surface area contributed by atoms with Gasteiger partial charge in [-0.2, -0.15) is 0 Å². The second kappa shape index (κ2) is 9.99. The second-order valence-corrected chi connectivity index (χ2v) is 17.1. The number of rotatable bonds is 9. The first-order valence-corrected chi connectivity index (χ1v) is 16.3. The molecule has 0 amide bonds. The van der Waals surface area contributed by atoms with E-state index in [1.165, 1.54) is 32.1 Å². The zero-order valence-electron chi connectivity index (χ0n) is 21.6. The third kappa shape index (κ3) is 5.33. The predicted molar refractivity (Wildman–Crippen MR) is 135 cm³/mol. The van der Waals surface area contributed by atoms with Crippen molar-refractivity contribution in [2.24, 2.45) is 11.8 Å². The molecule has 3 aliphatic rings. The summed E-state index contributed by atoms with van der Waals surface area (Å²) in [6, 6.07) is 0.875. The van der Waals surface area contributed by atoms with E-state index in [0.29, 0.717) is 23.9 Å². The van der Waals surface area contributed by atoms with Gasteiger partial charge in [0, 0.05) is 18.0 Å². The molecule has 1 aliphatic carbocycles. The summed E-state index contributed by atoms with van der Waals surface area (Å²) in [5.41, 5.74) is -0.526. The van der Waals surface area contributed by atoms with Gasteiger partial charge in [-0.25, -0.2) is 0 Å². The van der Waals surface area contributed by atoms with Crippen molar-refractivity contribution in [3.63, 3.8) is 0 Å². The van der Waals surface area contributed by atoms with Gasteiger partial charge < -0.3 is 9.53 Å². The number of nitrogens with zero attached hydrogens (tertiary/aromatic N) is 1. The van der Waals surface area contributed by atoms with Crippen molar-refractivity contribution in [2.75, 3.05) is 6.54 Å². The van der Waals surface area contributed by atoms with Gasteiger partial charge in [0.2, 0.25) is 0 Å². The minimum atomic E-state index is -1.82. The monoisotopic (exact) mass is 449 g/mol. The Morgan fingerprint density at radius 3 is 2.26 bits per heavy atom. The Hall–Kier alpha value is -0.163. The van der Waals surface area contributed by atoms with Crippen LogP contribution in [0.1, 0.15) is 98.8 Å². The van der Waals surface area contributed by atoms with E-state index in [1.807, 2.05) is 0 Å². The van der Waals surface area contributed by atoms with Gasteiger partial charge >= 0.3 is 0 Å². The van der Waals surface area contributed by atoms with Crippen LogP contribution >= 0.6 is 0 Å². The Morgan fingerprint density at radius 2 is 1.68 bits per heavy atom. The van der Waals surface area contributed by atoms with E-state index in [-0.39, 0.29) is 11.1 Å². The lowest BCUT2D eigenvalue weighted by Gasteiger charge is -2.46. The van der Waals surface area contributed by atoms with Gasteiger partial charge in [0.1, 0.15) is 0 Å². The summed E-state index contributed by atoms with van der Waals surface area (Å²) in [5.74, 6) is 1.17. The molecule has 4 heteroatoms. The molecule has 0 radical (unpaired) electrons. The van der Waals surface area contributed by atoms with Gasteiger partial charge in [-0.15, -0.1) is 0 Å². The lowest BCUT2D eigenvalue weighted by Crippen LogP contribution is -2.55. The van der Waals surface area contributed by atoms with Crippen LogP contribution in [0.5, 0.6) is 0 Å². The van der Waals surface area contributed by atoms with Crippen molar-refractivity contribution in [3.8, 4) is 0 Å². The molecular formula is C27H51NO2Si. The maximum atomic E-state index is 12.0. The Morgan fingerprint density at radius 1 is 1.03 bits per heavy atom. The summed E-state index contributed by atoms with van der Waals surface area (Å²) < 4.78 is 7.01. The lowest BCUT2D eigenvalue weighted by atomic mass is 9.77. The van der Waals surface area contributed by atoms with Gasteiger partial charge in [0.15, 0.2) is 8.32 Å². The van der Waals surface area contributed by atoms with Gasteiger partial charge in [0.25, 0.3) is 0 Å². The average molecular weight is 450 g/mol. The van der Waals surface area contributed by atoms with E-state index in [4.69, 9.17) is 4.43 Å². The van der Waals surface area contributed by atoms with Crippen molar-refractivity contribution in [2.45, 2.75) is 141 Å². The van der Waals surface area contributed by atoms with Gasteiger partial charge in [-0.3, -0.25) is 4.90 Å². The highest BCUT2D eigenvalue weighted by Crippen LogP contribution is 2.49. The maximum absolute atomic E-state index is 12.0. The molecule has 2 aliphatic heterocycles. The third-order valence-electron chi connectivity index (χ3n) is 9.11. The standard InChI is InChI=1S/C27H51NO2Si/c1-8-10-17-27(29,18-11-9-2)24-20-21-15-16-23(30-31(6,7)26(3,4)5)22-14-12-13-19-28(24)25(21)22/h15-16,21-25,29H,8-14,17-20H2,1-7H3/t21-,22+,23+,24+,25-/m0/s1. The molecule has 0 aromatic rings. The van der Waals surface area contributed by atoms with E-state index in [0.717, 1.165) is 38.6 Å². The molecule has 0 spiro atoms. The van der Waals surface area contributed by atoms with Crippen LogP contribution < -0.4 is 0 Å². The number of hydrogen-bond acceptors (Lipinski definition) is 3. The lowest BCUT2D eigenvalue weighted by molar-refractivity contribution is -0.0623. The van der Waals surface area contributed by atoms with Crippen LogP contribution in [0.3, 0.4) is 0 Å². The molecule has 0 saturated carbocycles. The molecule has 180 valence electrons. The minimum Gasteiger partial charge on any atom is -0.410 e. The summed E-state index contributed by atoms with van der Waals surface area (Å²) in [6.45, 7) is 17.5. The van der Waals surface area contributed by atoms with Crippen LogP contribution in [0.15, 0.2) is 12.2 Å². The fourth-order valence-electron chi connectivity index (χ4n) is 6.24. The molecule has 0 unspecified atom stereocenters. The first kappa shape index (κ1) is 25.5. The van der Waals surface area contributed by atoms with E-state index in [9.17, 15) is 5.11 Å². The third-order valence-corrected chi connectivity index (χ3v) is 13.6. The Labute approximate surface area is 194 Å². The van der Waals surface area contributed by atoms with Gasteiger partial charge in [0.05, 0.1) is 11.7 Å². The second-order valence-electron chi connectivity index (χ2n) is 12.3. The normalized spacial score (nSPS) is 32.2. The van der Waals surface area contributed by atoms with Crippen LogP contribution in [0, 0.1) is 11.8 Å². The SMILES string of the molecule is CCCCC(O)(CCCC)[C@H]1C[C@@H]2C=C[C@@H](O[Si](C)(C)C(C)(C)C)[C@H]3CCCCN1[C@H]32. The molecule has 2 fully saturated rings. The quantitative estimate of drug-likeness (QED) is 0.306. The highest BCUT2D eigenvalue weighted by atomic mass is 28.4. The minimum absolute atomic E-state index is 0.237. The summed E-state index contributed by atoms with van der Waals surface area (Å²) >= 11 is 0. The molecule has 5 atom stereocenters. The fourth-order valence-corrected chi connectivity index (χ4v) is 7.53. The van der Waals surface area contributed by atoms with E-state index >= 15 is 0 Å². The van der Waals surface area contributed by atoms with Crippen LogP contribution in [-0.4, -0.2) is 48.7 Å². The summed E-state index contributed by atoms with van der Waals surface area (Å²) in [7, 11) is -1.82. The molecule has 2 saturated heterocycles. The highest BCUT2D eigenvalue weighted by Gasteiger charge is 2.54. The van der Waals surface area contributed by atoms with Crippen LogP contribution in [0.2, 0.25) is 18.1 Å². The molecule has 1 N–H and O–H groups in total. The van der Waals surface area contributed by atoms with Gasteiger partial charge in [-0.05, 0) is 62.7 Å². The maximum Gasteiger partial charge on any atom is 0.192 e. The van der Waals surface area contributed by atoms with E-state index in [2.05, 4.69) is 64.8 Å². The van der Waals surface area contributed by atoms with Crippen molar-refractivity contribution in [1.82, 2.24) is 4.90 Å². The Balaban J connectivity index is 1.86. The molecule has 3 rings (SSSR count). The Kier molecular flexibility index (Phi) is 8.20. The Bertz CT molecular complexity index is 603. The first-order valence-electron chi connectivity index (χ1n) is 13.4. The van der Waals surface area contributed by atoms with Gasteiger partial charge in [-0.1, -0.05) is 78.9 Å². The zero-order chi connectivity index (χ0) is 22.9. The number of aliphatic hydroxyl groups is 1. The molecule has 2 heterocycles. The molecule has 0 aromatic carbocycles. The first-order chi connectivity index (χ1) is 14.5. The topological polar surface area (TPSA) is 32.7 Å². The summed E-state index contributed by atoms with van der Waals surface area (Å²) in [6.07, 6.45) is 16.7. The zero-order valence-corrected chi connectivity index (χ0v) is 22.6. The van der Waals surface area contributed by atoms with Crippen molar-refractivity contribution in [3.05, 3.63) is 12.2 Å². The fraction of sp³-hybridized carbons (Fsp3) is 0.926. The molecule has 31 heavy (non-hydrogen) atoms. The van der Waals surface area contributed by atoms with Crippen molar-refractivity contribution >= 4 is 8.32 Å².